The zero-order chi connectivity index (χ0) is 29.3. The Morgan fingerprint density at radius 1 is 0.950 bits per heavy atom. The second kappa shape index (κ2) is 13.9. The van der Waals surface area contributed by atoms with Crippen molar-refractivity contribution in [2.24, 2.45) is 20.5 Å². The van der Waals surface area contributed by atoms with Crippen LogP contribution in [0.4, 0.5) is 34.1 Å². The van der Waals surface area contributed by atoms with Crippen molar-refractivity contribution in [3.8, 4) is 5.75 Å². The van der Waals surface area contributed by atoms with Crippen molar-refractivity contribution in [1.82, 2.24) is 0 Å². The number of ether oxygens (including phenoxy) is 1. The maximum Gasteiger partial charge on any atom is 0.325 e. The summed E-state index contributed by atoms with van der Waals surface area (Å²) in [5.41, 5.74) is 4.06. The fraction of sp³-hybridized carbons (Fsp3) is 0.333. The van der Waals surface area contributed by atoms with Crippen LogP contribution in [-0.4, -0.2) is 43.3 Å². The standard InChI is InChI=1S/C27H33N6O6P/c1-6-13-32(14-15-39-40(5,36)37)22-10-8-21(9-11-22)28-31-25-17-20(3)24(18-27(25)38-4)30-29-23-12-7-19(2)16-26(23)33(34)35/h7-12,16-18H,6,13-15H2,1-5H3,(H,36,37). The number of benzene rings is 3. The van der Waals surface area contributed by atoms with Crippen molar-refractivity contribution in [1.29, 1.82) is 0 Å². The SMILES string of the molecule is CCCN(CCOP(C)(=O)O)c1ccc(N=Nc2cc(C)c(N=Nc3ccc(C)cc3[N+](=O)[O-])cc2OC)cc1. The minimum absolute atomic E-state index is 0.118. The van der Waals surface area contributed by atoms with Crippen LogP contribution < -0.4 is 9.64 Å². The van der Waals surface area contributed by atoms with Gasteiger partial charge in [0.2, 0.25) is 0 Å². The lowest BCUT2D eigenvalue weighted by Crippen LogP contribution is -2.27. The molecule has 0 aliphatic carbocycles. The molecule has 0 heterocycles. The van der Waals surface area contributed by atoms with Crippen molar-refractivity contribution < 1.29 is 23.6 Å². The average molecular weight is 569 g/mol. The molecule has 0 aliphatic rings. The molecule has 1 atom stereocenters. The summed E-state index contributed by atoms with van der Waals surface area (Å²) >= 11 is 0. The van der Waals surface area contributed by atoms with E-state index in [4.69, 9.17) is 9.26 Å². The van der Waals surface area contributed by atoms with E-state index in [0.29, 0.717) is 29.4 Å². The van der Waals surface area contributed by atoms with Gasteiger partial charge in [-0.2, -0.15) is 5.11 Å². The summed E-state index contributed by atoms with van der Waals surface area (Å²) in [5, 5.41) is 28.4. The Hall–Kier alpha value is -3.99. The third kappa shape index (κ3) is 8.77. The van der Waals surface area contributed by atoms with Gasteiger partial charge in [0.15, 0.2) is 5.69 Å². The first-order chi connectivity index (χ1) is 19.0. The highest BCUT2D eigenvalue weighted by Gasteiger charge is 2.15. The van der Waals surface area contributed by atoms with Gasteiger partial charge in [0.25, 0.3) is 5.69 Å². The molecule has 1 unspecified atom stereocenters. The Kier molecular flexibility index (Phi) is 10.6. The van der Waals surface area contributed by atoms with E-state index in [-0.39, 0.29) is 18.0 Å². The van der Waals surface area contributed by atoms with Crippen LogP contribution in [0.1, 0.15) is 24.5 Å². The molecule has 1 N–H and O–H groups in total. The Morgan fingerprint density at radius 2 is 1.62 bits per heavy atom. The molecule has 0 amide bonds. The van der Waals surface area contributed by atoms with Gasteiger partial charge in [0.05, 0.1) is 30.0 Å². The predicted molar refractivity (Wildman–Crippen MR) is 155 cm³/mol. The van der Waals surface area contributed by atoms with Crippen molar-refractivity contribution >= 4 is 41.7 Å². The number of azo groups is 2. The van der Waals surface area contributed by atoms with Gasteiger partial charge in [-0.3, -0.25) is 14.7 Å². The third-order valence-electron chi connectivity index (χ3n) is 5.76. The molecule has 0 fully saturated rings. The third-order valence-corrected chi connectivity index (χ3v) is 6.43. The van der Waals surface area contributed by atoms with Crippen molar-refractivity contribution in [3.05, 3.63) is 75.8 Å². The molecule has 212 valence electrons. The summed E-state index contributed by atoms with van der Waals surface area (Å²) in [6, 6.07) is 15.6. The number of nitrogens with zero attached hydrogens (tertiary/aromatic N) is 6. The van der Waals surface area contributed by atoms with Crippen molar-refractivity contribution in [3.63, 3.8) is 0 Å². The zero-order valence-electron chi connectivity index (χ0n) is 23.1. The number of hydrogen-bond donors (Lipinski definition) is 1. The summed E-state index contributed by atoms with van der Waals surface area (Å²) in [7, 11) is -2.01. The number of methoxy groups -OCH3 is 1. The van der Waals surface area contributed by atoms with Gasteiger partial charge in [0.1, 0.15) is 11.4 Å². The second-order valence-electron chi connectivity index (χ2n) is 9.10. The molecule has 0 spiro atoms. The number of anilines is 1. The van der Waals surface area contributed by atoms with E-state index in [2.05, 4.69) is 32.3 Å². The minimum atomic E-state index is -3.52. The molecule has 0 aromatic heterocycles. The highest BCUT2D eigenvalue weighted by atomic mass is 31.2. The van der Waals surface area contributed by atoms with Gasteiger partial charge < -0.3 is 19.1 Å². The highest BCUT2D eigenvalue weighted by molar-refractivity contribution is 7.51. The van der Waals surface area contributed by atoms with Gasteiger partial charge in [-0.1, -0.05) is 13.0 Å². The number of nitro groups is 1. The molecular formula is C27H33N6O6P. The molecule has 0 saturated carbocycles. The van der Waals surface area contributed by atoms with Gasteiger partial charge in [-0.25, -0.2) is 0 Å². The summed E-state index contributed by atoms with van der Waals surface area (Å²) in [5.74, 6) is 0.421. The predicted octanol–water partition coefficient (Wildman–Crippen LogP) is 8.10. The smallest absolute Gasteiger partial charge is 0.325 e. The molecule has 0 aliphatic heterocycles. The van der Waals surface area contributed by atoms with E-state index < -0.39 is 12.5 Å². The second-order valence-corrected chi connectivity index (χ2v) is 11.0. The normalized spacial score (nSPS) is 13.1. The molecule has 0 saturated heterocycles. The first-order valence-corrected chi connectivity index (χ1v) is 14.6. The van der Waals surface area contributed by atoms with E-state index in [9.17, 15) is 19.6 Å². The molecule has 0 bridgehead atoms. The Balaban J connectivity index is 1.77. The molecular weight excluding hydrogens is 535 g/mol. The average Bonchev–Trinajstić information content (AvgIpc) is 2.91. The summed E-state index contributed by atoms with van der Waals surface area (Å²) in [4.78, 5) is 22.3. The van der Waals surface area contributed by atoms with E-state index >= 15 is 0 Å². The number of hydrogen-bond acceptors (Lipinski definition) is 10. The van der Waals surface area contributed by atoms with Gasteiger partial charge in [-0.05, 0) is 67.8 Å². The molecule has 3 aromatic rings. The first kappa shape index (κ1) is 30.6. The molecule has 3 rings (SSSR count). The largest absolute Gasteiger partial charge is 0.494 e. The van der Waals surface area contributed by atoms with E-state index in [1.54, 1.807) is 31.2 Å². The number of nitro benzene ring substituents is 1. The molecule has 40 heavy (non-hydrogen) atoms. The number of aryl methyl sites for hydroxylation is 2. The fourth-order valence-electron chi connectivity index (χ4n) is 3.79. The van der Waals surface area contributed by atoms with Crippen LogP contribution in [0.3, 0.4) is 0 Å². The molecule has 0 radical (unpaired) electrons. The maximum absolute atomic E-state index is 11.4. The zero-order valence-corrected chi connectivity index (χ0v) is 24.0. The van der Waals surface area contributed by atoms with E-state index in [1.807, 2.05) is 31.2 Å². The van der Waals surface area contributed by atoms with Crippen molar-refractivity contribution in [2.45, 2.75) is 27.2 Å². The van der Waals surface area contributed by atoms with Crippen LogP contribution in [-0.2, 0) is 9.09 Å². The van der Waals surface area contributed by atoms with Crippen LogP contribution in [0.15, 0.2) is 75.1 Å². The van der Waals surface area contributed by atoms with Crippen LogP contribution in [0.2, 0.25) is 0 Å². The molecule has 13 heteroatoms. The lowest BCUT2D eigenvalue weighted by molar-refractivity contribution is -0.384. The number of rotatable bonds is 13. The van der Waals surface area contributed by atoms with Crippen LogP contribution >= 0.6 is 7.60 Å². The van der Waals surface area contributed by atoms with E-state index in [1.165, 1.54) is 19.8 Å². The van der Waals surface area contributed by atoms with Crippen molar-refractivity contribution in [2.75, 3.05) is 38.4 Å². The summed E-state index contributed by atoms with van der Waals surface area (Å²) in [6.07, 6.45) is 0.904. The minimum Gasteiger partial charge on any atom is -0.494 e. The van der Waals surface area contributed by atoms with Crippen LogP contribution in [0.5, 0.6) is 5.75 Å². The van der Waals surface area contributed by atoms with Gasteiger partial charge in [0, 0.05) is 37.6 Å². The van der Waals surface area contributed by atoms with E-state index in [0.717, 1.165) is 29.8 Å². The summed E-state index contributed by atoms with van der Waals surface area (Å²) in [6.45, 7) is 8.21. The Labute approximate surface area is 233 Å². The molecule has 3 aromatic carbocycles. The highest BCUT2D eigenvalue weighted by Crippen LogP contribution is 2.38. The quantitative estimate of drug-likeness (QED) is 0.0946. The van der Waals surface area contributed by atoms with Gasteiger partial charge in [-0.15, -0.1) is 15.3 Å². The van der Waals surface area contributed by atoms with Crippen LogP contribution in [0.25, 0.3) is 0 Å². The Bertz CT molecular complexity index is 1440. The lowest BCUT2D eigenvalue weighted by Gasteiger charge is -2.24. The van der Waals surface area contributed by atoms with Crippen LogP contribution in [0, 0.1) is 24.0 Å². The maximum atomic E-state index is 11.4. The first-order valence-electron chi connectivity index (χ1n) is 12.6. The summed E-state index contributed by atoms with van der Waals surface area (Å²) < 4.78 is 21.9. The van der Waals surface area contributed by atoms with Gasteiger partial charge >= 0.3 is 7.60 Å². The monoisotopic (exact) mass is 568 g/mol. The fourth-order valence-corrected chi connectivity index (χ4v) is 4.21. The molecule has 12 nitrogen and oxygen atoms in total. The topological polar surface area (TPSA) is 152 Å². The lowest BCUT2D eigenvalue weighted by atomic mass is 10.1. The Morgan fingerprint density at radius 3 is 2.25 bits per heavy atom.